The number of hydrogen-bond acceptors (Lipinski definition) is 3. The van der Waals surface area contributed by atoms with Crippen LogP contribution in [0.25, 0.3) is 0 Å². The maximum absolute atomic E-state index is 10.9. The lowest BCUT2D eigenvalue weighted by atomic mass is 10.1. The molecule has 1 aliphatic carbocycles. The smallest absolute Gasteiger partial charge is 0.316 e. The molecule has 12 heavy (non-hydrogen) atoms. The Morgan fingerprint density at radius 3 is 2.75 bits per heavy atom. The van der Waals surface area contributed by atoms with Crippen LogP contribution in [0.3, 0.4) is 0 Å². The number of hydrogen-bond donors (Lipinski definition) is 1. The van der Waals surface area contributed by atoms with Gasteiger partial charge in [-0.05, 0) is 19.8 Å². The fraction of sp³-hybridized carbons (Fsp3) is 0.500. The molecule has 0 spiro atoms. The predicted molar refractivity (Wildman–Crippen MR) is 45.4 cm³/mol. The van der Waals surface area contributed by atoms with Gasteiger partial charge in [-0.3, -0.25) is 4.79 Å². The maximum Gasteiger partial charge on any atom is 0.316 e. The van der Waals surface area contributed by atoms with E-state index >= 15 is 0 Å². The first kappa shape index (κ1) is 7.73. The molecule has 2 rings (SSSR count). The largest absolute Gasteiger partial charge is 0.481 e. The predicted octanol–water partition coefficient (Wildman–Crippen LogP) is 1.57. The van der Waals surface area contributed by atoms with Crippen molar-refractivity contribution in [2.75, 3.05) is 0 Å². The molecule has 0 atom stereocenters. The fourth-order valence-electron chi connectivity index (χ4n) is 1.22. The van der Waals surface area contributed by atoms with Crippen molar-refractivity contribution in [3.63, 3.8) is 0 Å². The van der Waals surface area contributed by atoms with E-state index in [-0.39, 0.29) is 0 Å². The van der Waals surface area contributed by atoms with Crippen LogP contribution in [0.5, 0.6) is 0 Å². The molecule has 1 aliphatic rings. The highest BCUT2D eigenvalue weighted by Gasteiger charge is 2.54. The summed E-state index contributed by atoms with van der Waals surface area (Å²) in [5, 5.41) is 9.70. The monoisotopic (exact) mass is 183 g/mol. The normalized spacial score (nSPS) is 19.1. The van der Waals surface area contributed by atoms with Gasteiger partial charge in [0.2, 0.25) is 0 Å². The van der Waals surface area contributed by atoms with Crippen molar-refractivity contribution in [1.82, 2.24) is 4.98 Å². The minimum absolute atomic E-state index is 0.612. The molecule has 0 aromatic carbocycles. The molecule has 0 unspecified atom stereocenters. The van der Waals surface area contributed by atoms with Gasteiger partial charge in [0, 0.05) is 11.1 Å². The molecule has 64 valence electrons. The van der Waals surface area contributed by atoms with Crippen LogP contribution in [0.15, 0.2) is 6.20 Å². The second-order valence-corrected chi connectivity index (χ2v) is 4.40. The van der Waals surface area contributed by atoms with Crippen LogP contribution in [-0.4, -0.2) is 16.1 Å². The Balaban J connectivity index is 2.36. The third-order valence-corrected chi connectivity index (χ3v) is 3.31. The Kier molecular flexibility index (Phi) is 1.48. The number of aryl methyl sites for hydroxylation is 1. The van der Waals surface area contributed by atoms with Crippen LogP contribution in [0.4, 0.5) is 0 Å². The number of aromatic nitrogens is 1. The Bertz CT molecular complexity index is 328. The molecule has 0 bridgehead atoms. The van der Waals surface area contributed by atoms with E-state index in [1.54, 1.807) is 6.20 Å². The molecule has 1 fully saturated rings. The molecule has 0 saturated heterocycles. The van der Waals surface area contributed by atoms with Gasteiger partial charge in [0.05, 0.1) is 0 Å². The number of carboxylic acid groups (broad SMARTS) is 1. The van der Waals surface area contributed by atoms with E-state index < -0.39 is 11.4 Å². The van der Waals surface area contributed by atoms with Gasteiger partial charge in [-0.2, -0.15) is 0 Å². The second kappa shape index (κ2) is 2.29. The molecule has 1 aromatic heterocycles. The standard InChI is InChI=1S/C8H9NO2S/c1-5-4-9-6(12-5)8(2-3-8)7(10)11/h4H,2-3H2,1H3,(H,10,11). The topological polar surface area (TPSA) is 50.2 Å². The van der Waals surface area contributed by atoms with Crippen molar-refractivity contribution in [1.29, 1.82) is 0 Å². The second-order valence-electron chi connectivity index (χ2n) is 3.16. The van der Waals surface area contributed by atoms with Crippen molar-refractivity contribution in [3.8, 4) is 0 Å². The minimum atomic E-state index is -0.725. The summed E-state index contributed by atoms with van der Waals surface area (Å²) in [6.07, 6.45) is 3.23. The number of carboxylic acids is 1. The zero-order valence-electron chi connectivity index (χ0n) is 6.70. The first-order valence-electron chi connectivity index (χ1n) is 3.81. The van der Waals surface area contributed by atoms with E-state index in [9.17, 15) is 4.79 Å². The quantitative estimate of drug-likeness (QED) is 0.757. The molecule has 4 heteroatoms. The van der Waals surface area contributed by atoms with Gasteiger partial charge >= 0.3 is 5.97 Å². The Hall–Kier alpha value is -0.900. The number of thiazole rings is 1. The number of nitrogens with zero attached hydrogens (tertiary/aromatic N) is 1. The van der Waals surface area contributed by atoms with Gasteiger partial charge in [-0.1, -0.05) is 0 Å². The van der Waals surface area contributed by atoms with Gasteiger partial charge in [0.1, 0.15) is 10.4 Å². The van der Waals surface area contributed by atoms with Crippen molar-refractivity contribution < 1.29 is 9.90 Å². The van der Waals surface area contributed by atoms with Gasteiger partial charge in [-0.25, -0.2) is 4.98 Å². The van der Waals surface area contributed by atoms with Crippen LogP contribution < -0.4 is 0 Å². The van der Waals surface area contributed by atoms with E-state index in [1.165, 1.54) is 11.3 Å². The average molecular weight is 183 g/mol. The van der Waals surface area contributed by atoms with E-state index in [4.69, 9.17) is 5.11 Å². The Labute approximate surface area is 74.1 Å². The molecule has 0 radical (unpaired) electrons. The van der Waals surface area contributed by atoms with E-state index in [1.807, 2.05) is 6.92 Å². The van der Waals surface area contributed by atoms with Crippen LogP contribution in [0.1, 0.15) is 22.7 Å². The summed E-state index contributed by atoms with van der Waals surface area (Å²) in [6.45, 7) is 1.94. The Morgan fingerprint density at radius 1 is 1.75 bits per heavy atom. The minimum Gasteiger partial charge on any atom is -0.481 e. The van der Waals surface area contributed by atoms with Crippen molar-refractivity contribution in [2.24, 2.45) is 0 Å². The van der Waals surface area contributed by atoms with Crippen LogP contribution >= 0.6 is 11.3 Å². The van der Waals surface area contributed by atoms with Crippen LogP contribution in [-0.2, 0) is 10.2 Å². The van der Waals surface area contributed by atoms with Gasteiger partial charge in [0.25, 0.3) is 0 Å². The summed E-state index contributed by atoms with van der Waals surface area (Å²) in [7, 11) is 0. The summed E-state index contributed by atoms with van der Waals surface area (Å²) < 4.78 is 0. The number of rotatable bonds is 2. The molecular formula is C8H9NO2S. The zero-order valence-corrected chi connectivity index (χ0v) is 7.52. The summed E-state index contributed by atoms with van der Waals surface area (Å²) in [6, 6.07) is 0. The molecular weight excluding hydrogens is 174 g/mol. The summed E-state index contributed by atoms with van der Waals surface area (Å²) in [5.74, 6) is -0.725. The van der Waals surface area contributed by atoms with E-state index in [2.05, 4.69) is 4.98 Å². The van der Waals surface area contributed by atoms with Crippen LogP contribution in [0.2, 0.25) is 0 Å². The Morgan fingerprint density at radius 2 is 2.42 bits per heavy atom. The third kappa shape index (κ3) is 0.948. The number of carbonyl (C=O) groups is 1. The molecule has 1 heterocycles. The fourth-order valence-corrected chi connectivity index (χ4v) is 2.22. The summed E-state index contributed by atoms with van der Waals surface area (Å²) in [5.41, 5.74) is -0.612. The molecule has 0 aliphatic heterocycles. The molecule has 0 amide bonds. The van der Waals surface area contributed by atoms with Crippen molar-refractivity contribution >= 4 is 17.3 Å². The lowest BCUT2D eigenvalue weighted by Gasteiger charge is -2.03. The van der Waals surface area contributed by atoms with Gasteiger partial charge in [0.15, 0.2) is 0 Å². The SMILES string of the molecule is Cc1cnc(C2(C(=O)O)CC2)s1. The lowest BCUT2D eigenvalue weighted by Crippen LogP contribution is -2.18. The third-order valence-electron chi connectivity index (χ3n) is 2.19. The highest BCUT2D eigenvalue weighted by atomic mass is 32.1. The zero-order chi connectivity index (χ0) is 8.77. The summed E-state index contributed by atoms with van der Waals surface area (Å²) in [4.78, 5) is 16.0. The highest BCUT2D eigenvalue weighted by molar-refractivity contribution is 7.11. The number of aliphatic carboxylic acids is 1. The van der Waals surface area contributed by atoms with Gasteiger partial charge in [-0.15, -0.1) is 11.3 Å². The first-order chi connectivity index (χ1) is 5.65. The van der Waals surface area contributed by atoms with E-state index in [0.717, 1.165) is 22.7 Å². The lowest BCUT2D eigenvalue weighted by molar-refractivity contribution is -0.140. The van der Waals surface area contributed by atoms with E-state index in [0.29, 0.717) is 0 Å². The van der Waals surface area contributed by atoms with Crippen molar-refractivity contribution in [3.05, 3.63) is 16.1 Å². The molecule has 1 N–H and O–H groups in total. The van der Waals surface area contributed by atoms with Crippen molar-refractivity contribution in [2.45, 2.75) is 25.2 Å². The maximum atomic E-state index is 10.9. The summed E-state index contributed by atoms with van der Waals surface area (Å²) >= 11 is 1.49. The average Bonchev–Trinajstić information content (AvgIpc) is 2.71. The first-order valence-corrected chi connectivity index (χ1v) is 4.63. The van der Waals surface area contributed by atoms with Crippen LogP contribution in [0, 0.1) is 6.92 Å². The molecule has 1 saturated carbocycles. The highest BCUT2D eigenvalue weighted by Crippen LogP contribution is 2.49. The molecule has 3 nitrogen and oxygen atoms in total. The molecule has 1 aromatic rings. The van der Waals surface area contributed by atoms with Gasteiger partial charge < -0.3 is 5.11 Å².